The Labute approximate surface area is 107 Å². The van der Waals surface area contributed by atoms with Crippen molar-refractivity contribution < 1.29 is 9.13 Å². The van der Waals surface area contributed by atoms with Gasteiger partial charge in [0.15, 0.2) is 11.6 Å². The molecule has 0 saturated carbocycles. The molecule has 3 nitrogen and oxygen atoms in total. The number of aryl methyl sites for hydroxylation is 1. The number of unbranched alkanes of at least 4 members (excludes halogenated alkanes) is 1. The highest BCUT2D eigenvalue weighted by molar-refractivity contribution is 5.29. The van der Waals surface area contributed by atoms with Crippen LogP contribution in [0, 0.1) is 24.1 Å². The number of nitrogens with zero attached hydrogens (tertiary/aromatic N) is 1. The number of rotatable bonds is 6. The van der Waals surface area contributed by atoms with E-state index >= 15 is 0 Å². The number of nitrogens with two attached hydrogens (primary N) is 1. The molecule has 0 bridgehead atoms. The smallest absolute Gasteiger partial charge is 0.167 e. The molecule has 0 fully saturated rings. The number of nitriles is 1. The predicted octanol–water partition coefficient (Wildman–Crippen LogP) is 2.92. The summed E-state index contributed by atoms with van der Waals surface area (Å²) in [5, 5.41) is 8.74. The zero-order chi connectivity index (χ0) is 13.6. The molecule has 18 heavy (non-hydrogen) atoms. The molecule has 0 radical (unpaired) electrons. The average molecular weight is 250 g/mol. The summed E-state index contributed by atoms with van der Waals surface area (Å²) in [6.45, 7) is 3.84. The van der Waals surface area contributed by atoms with E-state index in [9.17, 15) is 4.39 Å². The van der Waals surface area contributed by atoms with Gasteiger partial charge in [0.1, 0.15) is 5.54 Å². The largest absolute Gasteiger partial charge is 0.491 e. The highest BCUT2D eigenvalue weighted by atomic mass is 19.1. The van der Waals surface area contributed by atoms with Crippen LogP contribution in [0.3, 0.4) is 0 Å². The summed E-state index contributed by atoms with van der Waals surface area (Å²) in [6, 6.07) is 7.13. The lowest BCUT2D eigenvalue weighted by atomic mass is 9.98. The summed E-state index contributed by atoms with van der Waals surface area (Å²) >= 11 is 0. The van der Waals surface area contributed by atoms with Crippen LogP contribution in [-0.4, -0.2) is 12.1 Å². The molecule has 0 aliphatic rings. The lowest BCUT2D eigenvalue weighted by Gasteiger charge is -2.14. The Kier molecular flexibility index (Phi) is 5.11. The summed E-state index contributed by atoms with van der Waals surface area (Å²) < 4.78 is 18.9. The Morgan fingerprint density at radius 1 is 1.44 bits per heavy atom. The highest BCUT2D eigenvalue weighted by Gasteiger charge is 2.15. The fraction of sp³-hybridized carbons (Fsp3) is 0.500. The van der Waals surface area contributed by atoms with Crippen molar-refractivity contribution in [2.45, 2.75) is 38.6 Å². The molecule has 0 aliphatic heterocycles. The number of halogens is 1. The van der Waals surface area contributed by atoms with Gasteiger partial charge in [0, 0.05) is 0 Å². The van der Waals surface area contributed by atoms with Gasteiger partial charge in [-0.05, 0) is 44.7 Å². The Morgan fingerprint density at radius 3 is 2.83 bits per heavy atom. The van der Waals surface area contributed by atoms with E-state index in [4.69, 9.17) is 15.7 Å². The predicted molar refractivity (Wildman–Crippen MR) is 68.7 cm³/mol. The van der Waals surface area contributed by atoms with Crippen LogP contribution >= 0.6 is 0 Å². The van der Waals surface area contributed by atoms with E-state index < -0.39 is 5.54 Å². The van der Waals surface area contributed by atoms with Crippen LogP contribution in [0.2, 0.25) is 0 Å². The van der Waals surface area contributed by atoms with E-state index in [2.05, 4.69) is 0 Å². The molecule has 1 aromatic carbocycles. The number of hydrogen-bond acceptors (Lipinski definition) is 3. The number of benzene rings is 1. The van der Waals surface area contributed by atoms with E-state index in [0.29, 0.717) is 18.6 Å². The zero-order valence-corrected chi connectivity index (χ0v) is 10.9. The first kappa shape index (κ1) is 14.5. The minimum atomic E-state index is -0.783. The monoisotopic (exact) mass is 250 g/mol. The summed E-state index contributed by atoms with van der Waals surface area (Å²) in [5.74, 6) is -0.0241. The molecule has 2 N–H and O–H groups in total. The fourth-order valence-electron chi connectivity index (χ4n) is 1.56. The molecular formula is C14H19FN2O. The summed E-state index contributed by atoms with van der Waals surface area (Å²) in [6.07, 6.45) is 2.15. The summed E-state index contributed by atoms with van der Waals surface area (Å²) in [7, 11) is 0. The first-order valence-corrected chi connectivity index (χ1v) is 6.04. The van der Waals surface area contributed by atoms with Crippen LogP contribution in [-0.2, 0) is 0 Å². The SMILES string of the molecule is Cc1cccc(OCCCCC(C)(N)C#N)c1F. The van der Waals surface area contributed by atoms with Crippen LogP contribution in [0.4, 0.5) is 4.39 Å². The maximum atomic E-state index is 13.6. The topological polar surface area (TPSA) is 59.0 Å². The highest BCUT2D eigenvalue weighted by Crippen LogP contribution is 2.20. The van der Waals surface area contributed by atoms with Gasteiger partial charge in [0.25, 0.3) is 0 Å². The van der Waals surface area contributed by atoms with E-state index in [1.165, 1.54) is 0 Å². The van der Waals surface area contributed by atoms with Crippen molar-refractivity contribution in [2.24, 2.45) is 5.73 Å². The van der Waals surface area contributed by atoms with Crippen molar-refractivity contribution in [1.29, 1.82) is 5.26 Å². The molecule has 98 valence electrons. The van der Waals surface area contributed by atoms with Gasteiger partial charge >= 0.3 is 0 Å². The molecule has 4 heteroatoms. The fourth-order valence-corrected chi connectivity index (χ4v) is 1.56. The van der Waals surface area contributed by atoms with Gasteiger partial charge in [0.05, 0.1) is 12.7 Å². The second-order valence-electron chi connectivity index (χ2n) is 4.72. The van der Waals surface area contributed by atoms with Crippen molar-refractivity contribution in [3.63, 3.8) is 0 Å². The molecule has 1 rings (SSSR count). The summed E-state index contributed by atoms with van der Waals surface area (Å²) in [5.41, 5.74) is 5.48. The lowest BCUT2D eigenvalue weighted by Crippen LogP contribution is -2.33. The minimum absolute atomic E-state index is 0.283. The van der Waals surface area contributed by atoms with Gasteiger partial charge in [-0.3, -0.25) is 0 Å². The van der Waals surface area contributed by atoms with Crippen LogP contribution in [0.15, 0.2) is 18.2 Å². The third kappa shape index (κ3) is 4.34. The standard InChI is InChI=1S/C14H19FN2O/c1-11-6-5-7-12(13(11)15)18-9-4-3-8-14(2,17)10-16/h5-7H,3-4,8-9,17H2,1-2H3. The third-order valence-corrected chi connectivity index (χ3v) is 2.76. The van der Waals surface area contributed by atoms with Gasteiger partial charge in [-0.1, -0.05) is 12.1 Å². The summed E-state index contributed by atoms with van der Waals surface area (Å²) in [4.78, 5) is 0. The van der Waals surface area contributed by atoms with Crippen molar-refractivity contribution >= 4 is 0 Å². The van der Waals surface area contributed by atoms with Crippen LogP contribution < -0.4 is 10.5 Å². The molecule has 0 spiro atoms. The average Bonchev–Trinajstić information content (AvgIpc) is 2.34. The minimum Gasteiger partial charge on any atom is -0.491 e. The van der Waals surface area contributed by atoms with Gasteiger partial charge in [-0.2, -0.15) is 5.26 Å². The van der Waals surface area contributed by atoms with E-state index in [1.807, 2.05) is 6.07 Å². The van der Waals surface area contributed by atoms with Crippen molar-refractivity contribution in [2.75, 3.05) is 6.61 Å². The van der Waals surface area contributed by atoms with Crippen LogP contribution in [0.5, 0.6) is 5.75 Å². The Morgan fingerprint density at radius 2 is 2.17 bits per heavy atom. The maximum absolute atomic E-state index is 13.6. The normalized spacial score (nSPS) is 13.7. The van der Waals surface area contributed by atoms with E-state index in [0.717, 1.165) is 12.8 Å². The molecule has 1 unspecified atom stereocenters. The Bertz CT molecular complexity index is 438. The van der Waals surface area contributed by atoms with Gasteiger partial charge in [-0.15, -0.1) is 0 Å². The van der Waals surface area contributed by atoms with Crippen molar-refractivity contribution in [1.82, 2.24) is 0 Å². The maximum Gasteiger partial charge on any atom is 0.167 e. The van der Waals surface area contributed by atoms with Crippen LogP contribution in [0.1, 0.15) is 31.7 Å². The van der Waals surface area contributed by atoms with Crippen molar-refractivity contribution in [3.05, 3.63) is 29.6 Å². The zero-order valence-electron chi connectivity index (χ0n) is 10.9. The first-order valence-electron chi connectivity index (χ1n) is 6.04. The second-order valence-corrected chi connectivity index (χ2v) is 4.72. The van der Waals surface area contributed by atoms with E-state index in [1.54, 1.807) is 32.0 Å². The van der Waals surface area contributed by atoms with E-state index in [-0.39, 0.29) is 11.6 Å². The first-order chi connectivity index (χ1) is 8.46. The second kappa shape index (κ2) is 6.36. The third-order valence-electron chi connectivity index (χ3n) is 2.76. The molecule has 0 heterocycles. The molecular weight excluding hydrogens is 231 g/mol. The number of hydrogen-bond donors (Lipinski definition) is 1. The van der Waals surface area contributed by atoms with Crippen LogP contribution in [0.25, 0.3) is 0 Å². The molecule has 0 aromatic heterocycles. The Hall–Kier alpha value is -1.60. The van der Waals surface area contributed by atoms with Crippen molar-refractivity contribution in [3.8, 4) is 11.8 Å². The van der Waals surface area contributed by atoms with Gasteiger partial charge in [-0.25, -0.2) is 4.39 Å². The molecule has 1 atom stereocenters. The van der Waals surface area contributed by atoms with Gasteiger partial charge < -0.3 is 10.5 Å². The lowest BCUT2D eigenvalue weighted by molar-refractivity contribution is 0.286. The molecule has 1 aromatic rings. The molecule has 0 saturated heterocycles. The molecule has 0 amide bonds. The molecule has 0 aliphatic carbocycles. The number of ether oxygens (including phenoxy) is 1. The quantitative estimate of drug-likeness (QED) is 0.790. The van der Waals surface area contributed by atoms with Gasteiger partial charge in [0.2, 0.25) is 0 Å². The Balaban J connectivity index is 2.31.